The van der Waals surface area contributed by atoms with Gasteiger partial charge in [0.2, 0.25) is 0 Å². The van der Waals surface area contributed by atoms with Gasteiger partial charge in [0.05, 0.1) is 12.0 Å². The lowest BCUT2D eigenvalue weighted by atomic mass is 9.48. The monoisotopic (exact) mass is 328 g/mol. The van der Waals surface area contributed by atoms with Gasteiger partial charge in [-0.1, -0.05) is 19.9 Å². The Morgan fingerprint density at radius 3 is 2.88 bits per heavy atom. The molecule has 0 amide bonds. The van der Waals surface area contributed by atoms with Crippen LogP contribution < -0.4 is 9.47 Å². The van der Waals surface area contributed by atoms with E-state index in [1.54, 1.807) is 25.3 Å². The Morgan fingerprint density at radius 2 is 2.17 bits per heavy atom. The summed E-state index contributed by atoms with van der Waals surface area (Å²) in [5, 5.41) is 0. The van der Waals surface area contributed by atoms with Crippen LogP contribution in [0.4, 0.5) is 0 Å². The third-order valence-corrected chi connectivity index (χ3v) is 6.12. The molecule has 0 N–H and O–H groups in total. The van der Waals surface area contributed by atoms with Gasteiger partial charge < -0.3 is 14.2 Å². The van der Waals surface area contributed by atoms with Crippen molar-refractivity contribution in [3.8, 4) is 11.5 Å². The first kappa shape index (κ1) is 15.7. The second-order valence-electron chi connectivity index (χ2n) is 7.69. The number of methoxy groups -OCH3 is 1. The van der Waals surface area contributed by atoms with Gasteiger partial charge >= 0.3 is 0 Å². The fourth-order valence-corrected chi connectivity index (χ4v) is 4.46. The van der Waals surface area contributed by atoms with Crippen LogP contribution in [-0.2, 0) is 4.74 Å². The molecule has 1 heterocycles. The van der Waals surface area contributed by atoms with Gasteiger partial charge in [-0.2, -0.15) is 0 Å². The van der Waals surface area contributed by atoms with Crippen molar-refractivity contribution in [3.63, 3.8) is 0 Å². The highest BCUT2D eigenvalue weighted by Crippen LogP contribution is 2.60. The molecule has 4 aliphatic rings. The van der Waals surface area contributed by atoms with Crippen LogP contribution in [0.3, 0.4) is 0 Å². The second kappa shape index (κ2) is 5.62. The average Bonchev–Trinajstić information content (AvgIpc) is 2.59. The molecule has 4 heteroatoms. The first-order chi connectivity index (χ1) is 11.5. The predicted molar refractivity (Wildman–Crippen MR) is 90.4 cm³/mol. The molecule has 1 aromatic carbocycles. The second-order valence-corrected chi connectivity index (χ2v) is 7.69. The van der Waals surface area contributed by atoms with E-state index < -0.39 is 0 Å². The van der Waals surface area contributed by atoms with Gasteiger partial charge in [-0.15, -0.1) is 0 Å². The zero-order valence-corrected chi connectivity index (χ0v) is 14.5. The lowest BCUT2D eigenvalue weighted by Crippen LogP contribution is -2.51. The number of fused-ring (bicyclic) bond motifs is 2. The van der Waals surface area contributed by atoms with Gasteiger partial charge in [0, 0.05) is 13.2 Å². The highest BCUT2D eigenvalue weighted by Gasteiger charge is 2.53. The van der Waals surface area contributed by atoms with Crippen molar-refractivity contribution in [3.05, 3.63) is 35.4 Å². The van der Waals surface area contributed by atoms with Crippen LogP contribution in [0.1, 0.15) is 43.5 Å². The summed E-state index contributed by atoms with van der Waals surface area (Å²) in [4.78, 5) is 12.6. The average molecular weight is 328 g/mol. The summed E-state index contributed by atoms with van der Waals surface area (Å²) in [5.41, 5.74) is 2.31. The van der Waals surface area contributed by atoms with E-state index in [-0.39, 0.29) is 18.7 Å². The fourth-order valence-electron chi connectivity index (χ4n) is 4.46. The number of carbonyl (C=O) groups excluding carboxylic acids is 1. The summed E-state index contributed by atoms with van der Waals surface area (Å²) >= 11 is 0. The van der Waals surface area contributed by atoms with E-state index in [2.05, 4.69) is 19.9 Å². The normalized spacial score (nSPS) is 29.9. The van der Waals surface area contributed by atoms with E-state index in [1.165, 1.54) is 12.0 Å². The summed E-state index contributed by atoms with van der Waals surface area (Å²) < 4.78 is 16.6. The maximum atomic E-state index is 12.6. The van der Waals surface area contributed by atoms with Gasteiger partial charge in [0.25, 0.3) is 0 Å². The molecule has 4 nitrogen and oxygen atoms in total. The van der Waals surface area contributed by atoms with Crippen molar-refractivity contribution in [1.82, 2.24) is 0 Å². The third kappa shape index (κ3) is 2.35. The Kier molecular flexibility index (Phi) is 3.68. The minimum absolute atomic E-state index is 0.131. The molecule has 3 aliphatic carbocycles. The van der Waals surface area contributed by atoms with Crippen LogP contribution in [-0.4, -0.2) is 25.8 Å². The van der Waals surface area contributed by atoms with Crippen LogP contribution in [0.2, 0.25) is 0 Å². The minimum Gasteiger partial charge on any atom is -0.485 e. The summed E-state index contributed by atoms with van der Waals surface area (Å²) in [6, 6.07) is 5.38. The lowest BCUT2D eigenvalue weighted by molar-refractivity contribution is -0.0201. The highest BCUT2D eigenvalue weighted by molar-refractivity contribution is 6.00. The van der Waals surface area contributed by atoms with Gasteiger partial charge in [0.1, 0.15) is 17.6 Å². The highest BCUT2D eigenvalue weighted by atomic mass is 16.7. The quantitative estimate of drug-likeness (QED) is 0.619. The molecule has 0 spiro atoms. The maximum Gasteiger partial charge on any atom is 0.188 e. The van der Waals surface area contributed by atoms with Crippen molar-refractivity contribution in [2.24, 2.45) is 17.3 Å². The van der Waals surface area contributed by atoms with Crippen molar-refractivity contribution in [2.75, 3.05) is 13.9 Å². The van der Waals surface area contributed by atoms with Gasteiger partial charge in [-0.3, -0.25) is 4.79 Å². The topological polar surface area (TPSA) is 44.8 Å². The minimum atomic E-state index is -0.131. The Morgan fingerprint density at radius 1 is 1.33 bits per heavy atom. The number of Topliss-reactive ketones (excluding diaryl/α,β-unsaturated/α-hetero) is 1. The van der Waals surface area contributed by atoms with Crippen LogP contribution in [0.25, 0.3) is 0 Å². The SMILES string of the molecule is COCOc1ccc2c(c1)OC(C1=CCC3CC1C3(C)C)CC2=O. The Hall–Kier alpha value is -1.81. The standard InChI is InChI=1S/C20H24O4/c1-20(2)12-4-6-14(16(20)8-12)19-10-17(21)15-7-5-13(23-11-22-3)9-18(15)24-19/h5-7,9,12,16,19H,4,8,10-11H2,1-3H3. The molecule has 1 fully saturated rings. The number of hydrogen-bond acceptors (Lipinski definition) is 4. The van der Waals surface area contributed by atoms with Crippen molar-refractivity contribution in [1.29, 1.82) is 0 Å². The van der Waals surface area contributed by atoms with Crippen molar-refractivity contribution >= 4 is 5.78 Å². The third-order valence-electron chi connectivity index (χ3n) is 6.12. The van der Waals surface area contributed by atoms with E-state index in [1.807, 2.05) is 0 Å². The number of benzene rings is 1. The number of hydrogen-bond donors (Lipinski definition) is 0. The number of carbonyl (C=O) groups is 1. The summed E-state index contributed by atoms with van der Waals surface area (Å²) in [6.45, 7) is 4.86. The molecule has 1 aliphatic heterocycles. The van der Waals surface area contributed by atoms with Crippen LogP contribution in [0.5, 0.6) is 11.5 Å². The smallest absolute Gasteiger partial charge is 0.188 e. The molecule has 0 aromatic heterocycles. The fraction of sp³-hybridized carbons (Fsp3) is 0.550. The first-order valence-electron chi connectivity index (χ1n) is 8.66. The zero-order valence-electron chi connectivity index (χ0n) is 14.5. The van der Waals surface area contributed by atoms with Gasteiger partial charge in [-0.25, -0.2) is 0 Å². The van der Waals surface area contributed by atoms with Gasteiger partial charge in [-0.05, 0) is 47.8 Å². The van der Waals surface area contributed by atoms with Gasteiger partial charge in [0.15, 0.2) is 12.6 Å². The number of ether oxygens (including phenoxy) is 3. The molecule has 128 valence electrons. The first-order valence-corrected chi connectivity index (χ1v) is 8.66. The molecule has 0 radical (unpaired) electrons. The molecule has 1 aromatic rings. The number of allylic oxidation sites excluding steroid dienone is 1. The summed E-state index contributed by atoms with van der Waals surface area (Å²) in [6.07, 6.45) is 4.97. The molecule has 2 bridgehead atoms. The largest absolute Gasteiger partial charge is 0.485 e. The van der Waals surface area contributed by atoms with E-state index in [9.17, 15) is 4.79 Å². The lowest BCUT2D eigenvalue weighted by Gasteiger charge is -2.57. The van der Waals surface area contributed by atoms with E-state index in [0.29, 0.717) is 34.8 Å². The summed E-state index contributed by atoms with van der Waals surface area (Å²) in [7, 11) is 1.58. The zero-order chi connectivity index (χ0) is 16.9. The molecule has 0 saturated heterocycles. The van der Waals surface area contributed by atoms with Crippen molar-refractivity contribution < 1.29 is 19.0 Å². The molecule has 24 heavy (non-hydrogen) atoms. The molecular weight excluding hydrogens is 304 g/mol. The molecule has 1 saturated carbocycles. The number of ketones is 1. The van der Waals surface area contributed by atoms with E-state index in [0.717, 1.165) is 12.3 Å². The Balaban J connectivity index is 1.59. The van der Waals surface area contributed by atoms with Crippen LogP contribution in [0.15, 0.2) is 29.8 Å². The number of rotatable bonds is 4. The van der Waals surface area contributed by atoms with E-state index >= 15 is 0 Å². The van der Waals surface area contributed by atoms with E-state index in [4.69, 9.17) is 14.2 Å². The molecule has 5 rings (SSSR count). The van der Waals surface area contributed by atoms with Crippen LogP contribution >= 0.6 is 0 Å². The summed E-state index contributed by atoms with van der Waals surface area (Å²) in [5.74, 6) is 2.77. The predicted octanol–water partition coefficient (Wildman–Crippen LogP) is 4.00. The van der Waals surface area contributed by atoms with Crippen LogP contribution in [0, 0.1) is 17.3 Å². The maximum absolute atomic E-state index is 12.6. The molecule has 3 unspecified atom stereocenters. The Bertz CT molecular complexity index is 704. The Labute approximate surface area is 142 Å². The molecule has 3 atom stereocenters. The van der Waals surface area contributed by atoms with Crippen molar-refractivity contribution in [2.45, 2.75) is 39.2 Å². The molecular formula is C20H24O4.